The van der Waals surface area contributed by atoms with E-state index in [2.05, 4.69) is 40.3 Å². The van der Waals surface area contributed by atoms with E-state index in [0.29, 0.717) is 13.2 Å². The summed E-state index contributed by atoms with van der Waals surface area (Å²) in [4.78, 5) is 10.5. The topological polar surface area (TPSA) is 67.6 Å². The molecule has 0 spiro atoms. The largest absolute Gasteiger partial charge is 0.492 e. The van der Waals surface area contributed by atoms with Gasteiger partial charge >= 0.3 is 0 Å². The Labute approximate surface area is 143 Å². The van der Waals surface area contributed by atoms with Gasteiger partial charge in [0, 0.05) is 21.1 Å². The summed E-state index contributed by atoms with van der Waals surface area (Å²) < 4.78 is 7.59. The van der Waals surface area contributed by atoms with Gasteiger partial charge in [-0.15, -0.1) is 0 Å². The van der Waals surface area contributed by atoms with Crippen molar-refractivity contribution in [1.29, 1.82) is 0 Å². The third-order valence-corrected chi connectivity index (χ3v) is 3.67. The molecule has 0 aliphatic heterocycles. The predicted molar refractivity (Wildman–Crippen MR) is 95.2 cm³/mol. The fourth-order valence-corrected chi connectivity index (χ4v) is 2.45. The van der Waals surface area contributed by atoms with Gasteiger partial charge in [0.2, 0.25) is 0 Å². The minimum atomic E-state index is 0.575. The number of hydrogen-bond acceptors (Lipinski definition) is 4. The minimum absolute atomic E-state index is 0.575. The third kappa shape index (κ3) is 4.97. The average molecular weight is 330 g/mol. The van der Waals surface area contributed by atoms with Crippen LogP contribution in [-0.2, 0) is 13.6 Å². The molecule has 0 aliphatic rings. The lowest BCUT2D eigenvalue weighted by Gasteiger charge is -2.22. The molecule has 7 heteroatoms. The number of aliphatic imine (C=N–C) groups is 1. The first kappa shape index (κ1) is 17.8. The van der Waals surface area contributed by atoms with Gasteiger partial charge in [-0.3, -0.25) is 9.67 Å². The summed E-state index contributed by atoms with van der Waals surface area (Å²) in [6, 6.07) is 6.24. The van der Waals surface area contributed by atoms with Crippen LogP contribution in [0.25, 0.3) is 0 Å². The van der Waals surface area contributed by atoms with E-state index < -0.39 is 0 Å². The first-order chi connectivity index (χ1) is 11.5. The van der Waals surface area contributed by atoms with Crippen LogP contribution in [-0.4, -0.2) is 52.9 Å². The van der Waals surface area contributed by atoms with Gasteiger partial charge in [0.25, 0.3) is 0 Å². The first-order valence-corrected chi connectivity index (χ1v) is 7.95. The van der Waals surface area contributed by atoms with Gasteiger partial charge in [-0.2, -0.15) is 5.10 Å². The van der Waals surface area contributed by atoms with E-state index in [1.807, 2.05) is 31.1 Å². The standard InChI is InChI=1S/C17H26N6O/c1-13-8-14(2)10-15(9-13)24-7-6-22(4)17(18-3)19-11-16-20-12-21-23(16)5/h8-10,12H,6-7,11H2,1-5H3,(H,18,19). The number of guanidine groups is 1. The molecule has 0 amide bonds. The molecule has 0 aliphatic carbocycles. The molecule has 0 saturated heterocycles. The summed E-state index contributed by atoms with van der Waals surface area (Å²) in [5, 5.41) is 7.33. The Morgan fingerprint density at radius 3 is 2.58 bits per heavy atom. The van der Waals surface area contributed by atoms with Crippen LogP contribution in [0.15, 0.2) is 29.5 Å². The van der Waals surface area contributed by atoms with Crippen molar-refractivity contribution in [2.75, 3.05) is 27.2 Å². The number of ether oxygens (including phenoxy) is 1. The Hall–Kier alpha value is -2.57. The molecular weight excluding hydrogens is 304 g/mol. The van der Waals surface area contributed by atoms with Gasteiger partial charge in [0.05, 0.1) is 13.1 Å². The number of likely N-dealkylation sites (N-methyl/N-ethyl adjacent to an activating group) is 1. The van der Waals surface area contributed by atoms with Gasteiger partial charge in [-0.05, 0) is 37.1 Å². The van der Waals surface area contributed by atoms with Gasteiger partial charge in [0.15, 0.2) is 5.96 Å². The van der Waals surface area contributed by atoms with Crippen molar-refractivity contribution in [2.24, 2.45) is 12.0 Å². The van der Waals surface area contributed by atoms with Crippen molar-refractivity contribution in [2.45, 2.75) is 20.4 Å². The summed E-state index contributed by atoms with van der Waals surface area (Å²) >= 11 is 0. The van der Waals surface area contributed by atoms with E-state index in [1.54, 1.807) is 18.1 Å². The second-order valence-corrected chi connectivity index (χ2v) is 5.79. The van der Waals surface area contributed by atoms with Crippen LogP contribution in [0.5, 0.6) is 5.75 Å². The van der Waals surface area contributed by atoms with Gasteiger partial charge in [0.1, 0.15) is 24.5 Å². The summed E-state index contributed by atoms with van der Waals surface area (Å²) in [7, 11) is 5.62. The molecule has 0 fully saturated rings. The molecule has 0 saturated carbocycles. The van der Waals surface area contributed by atoms with E-state index in [4.69, 9.17) is 4.74 Å². The molecule has 0 bridgehead atoms. The number of nitrogens with zero attached hydrogens (tertiary/aromatic N) is 5. The quantitative estimate of drug-likeness (QED) is 0.642. The van der Waals surface area contributed by atoms with Crippen molar-refractivity contribution in [3.63, 3.8) is 0 Å². The van der Waals surface area contributed by atoms with E-state index >= 15 is 0 Å². The third-order valence-electron chi connectivity index (χ3n) is 3.67. The summed E-state index contributed by atoms with van der Waals surface area (Å²) in [5.74, 6) is 2.56. The molecule has 2 aromatic rings. The highest BCUT2D eigenvalue weighted by molar-refractivity contribution is 5.79. The fourth-order valence-electron chi connectivity index (χ4n) is 2.45. The second kappa shape index (κ2) is 8.33. The molecule has 0 radical (unpaired) electrons. The monoisotopic (exact) mass is 330 g/mol. The zero-order valence-corrected chi connectivity index (χ0v) is 15.1. The van der Waals surface area contributed by atoms with Crippen LogP contribution in [0, 0.1) is 13.8 Å². The summed E-state index contributed by atoms with van der Waals surface area (Å²) in [6.07, 6.45) is 1.54. The Morgan fingerprint density at radius 2 is 2.00 bits per heavy atom. The van der Waals surface area contributed by atoms with Crippen molar-refractivity contribution in [3.05, 3.63) is 41.5 Å². The maximum absolute atomic E-state index is 5.85. The smallest absolute Gasteiger partial charge is 0.193 e. The van der Waals surface area contributed by atoms with Gasteiger partial charge in [-0.1, -0.05) is 6.07 Å². The van der Waals surface area contributed by atoms with Crippen molar-refractivity contribution in [3.8, 4) is 5.75 Å². The average Bonchev–Trinajstić information content (AvgIpc) is 2.92. The Kier molecular flexibility index (Phi) is 6.17. The highest BCUT2D eigenvalue weighted by Crippen LogP contribution is 2.15. The van der Waals surface area contributed by atoms with E-state index in [9.17, 15) is 0 Å². The maximum Gasteiger partial charge on any atom is 0.193 e. The van der Waals surface area contributed by atoms with Crippen LogP contribution in [0.1, 0.15) is 17.0 Å². The molecule has 2 rings (SSSR count). The number of aryl methyl sites for hydroxylation is 3. The lowest BCUT2D eigenvalue weighted by Crippen LogP contribution is -2.40. The zero-order chi connectivity index (χ0) is 17.5. The Bertz CT molecular complexity index is 674. The van der Waals surface area contributed by atoms with Crippen molar-refractivity contribution < 1.29 is 4.74 Å². The van der Waals surface area contributed by atoms with Crippen LogP contribution < -0.4 is 10.1 Å². The minimum Gasteiger partial charge on any atom is -0.492 e. The highest BCUT2D eigenvalue weighted by Gasteiger charge is 2.08. The van der Waals surface area contributed by atoms with Crippen LogP contribution in [0.3, 0.4) is 0 Å². The van der Waals surface area contributed by atoms with Crippen molar-refractivity contribution in [1.82, 2.24) is 25.0 Å². The summed E-state index contributed by atoms with van der Waals surface area (Å²) in [5.41, 5.74) is 2.42. The molecule has 0 atom stereocenters. The number of rotatable bonds is 6. The van der Waals surface area contributed by atoms with Gasteiger partial charge in [-0.25, -0.2) is 4.98 Å². The lowest BCUT2D eigenvalue weighted by molar-refractivity contribution is 0.281. The molecule has 1 heterocycles. The molecule has 1 aromatic carbocycles. The second-order valence-electron chi connectivity index (χ2n) is 5.79. The van der Waals surface area contributed by atoms with E-state index in [-0.39, 0.29) is 0 Å². The number of hydrogen-bond donors (Lipinski definition) is 1. The maximum atomic E-state index is 5.85. The number of aromatic nitrogens is 3. The van der Waals surface area contributed by atoms with E-state index in [0.717, 1.165) is 24.1 Å². The molecule has 1 aromatic heterocycles. The first-order valence-electron chi connectivity index (χ1n) is 7.95. The SMILES string of the molecule is CN=C(NCc1ncnn1C)N(C)CCOc1cc(C)cc(C)c1. The normalized spacial score (nSPS) is 11.5. The Morgan fingerprint density at radius 1 is 1.29 bits per heavy atom. The fraction of sp³-hybridized carbons (Fsp3) is 0.471. The van der Waals surface area contributed by atoms with Crippen LogP contribution in [0.4, 0.5) is 0 Å². The highest BCUT2D eigenvalue weighted by atomic mass is 16.5. The number of nitrogens with one attached hydrogen (secondary N) is 1. The molecule has 7 nitrogen and oxygen atoms in total. The van der Waals surface area contributed by atoms with Crippen LogP contribution >= 0.6 is 0 Å². The predicted octanol–water partition coefficient (Wildman–Crippen LogP) is 1.52. The molecule has 0 unspecified atom stereocenters. The van der Waals surface area contributed by atoms with E-state index in [1.165, 1.54) is 11.1 Å². The van der Waals surface area contributed by atoms with Crippen LogP contribution in [0.2, 0.25) is 0 Å². The summed E-state index contributed by atoms with van der Waals surface area (Å²) in [6.45, 7) is 6.04. The Balaban J connectivity index is 1.81. The molecule has 24 heavy (non-hydrogen) atoms. The molecule has 1 N–H and O–H groups in total. The molecule has 130 valence electrons. The zero-order valence-electron chi connectivity index (χ0n) is 15.1. The lowest BCUT2D eigenvalue weighted by atomic mass is 10.1. The number of benzene rings is 1. The van der Waals surface area contributed by atoms with Crippen molar-refractivity contribution >= 4 is 5.96 Å². The van der Waals surface area contributed by atoms with Gasteiger partial charge < -0.3 is 15.0 Å². The molecular formula is C17H26N6O.